The van der Waals surface area contributed by atoms with Crippen molar-refractivity contribution in [2.24, 2.45) is 0 Å². The van der Waals surface area contributed by atoms with Crippen LogP contribution in [0.4, 0.5) is 0 Å². The molecule has 0 unspecified atom stereocenters. The highest BCUT2D eigenvalue weighted by molar-refractivity contribution is 6.03. The Labute approximate surface area is 94.6 Å². The highest BCUT2D eigenvalue weighted by Gasteiger charge is 2.16. The first-order chi connectivity index (χ1) is 7.25. The van der Waals surface area contributed by atoms with Crippen LogP contribution in [0.15, 0.2) is 34.4 Å². The minimum Gasteiger partial charge on any atom is -0.478 e. The molecule has 0 saturated heterocycles. The molecule has 0 aromatic carbocycles. The number of hydrogen-bond donors (Lipinski definition) is 2. The van der Waals surface area contributed by atoms with Crippen LogP contribution in [0.1, 0.15) is 27.7 Å². The van der Waals surface area contributed by atoms with E-state index in [-0.39, 0.29) is 11.1 Å². The van der Waals surface area contributed by atoms with E-state index in [1.165, 1.54) is 12.2 Å². The van der Waals surface area contributed by atoms with Crippen LogP contribution < -0.4 is 0 Å². The molecule has 0 heterocycles. The Balaban J connectivity index is 5.85. The fourth-order valence-corrected chi connectivity index (χ4v) is 1.09. The standard InChI is InChI=1S/C12H16O4/c1-7(2)5-9(11(13)14)10(12(15)16)6-8(3)4/h5-6H,1-4H3,(H,13,14)(H,15,16). The summed E-state index contributed by atoms with van der Waals surface area (Å²) in [7, 11) is 0. The Morgan fingerprint density at radius 2 is 1.00 bits per heavy atom. The zero-order valence-corrected chi connectivity index (χ0v) is 9.87. The predicted octanol–water partition coefficient (Wildman–Crippen LogP) is 2.38. The molecule has 0 aliphatic rings. The molecular formula is C12H16O4. The van der Waals surface area contributed by atoms with Crippen LogP contribution >= 0.6 is 0 Å². The van der Waals surface area contributed by atoms with E-state index < -0.39 is 11.9 Å². The first kappa shape index (κ1) is 14.2. The molecule has 0 atom stereocenters. The van der Waals surface area contributed by atoms with E-state index in [9.17, 15) is 9.59 Å². The van der Waals surface area contributed by atoms with Crippen LogP contribution in [-0.4, -0.2) is 22.2 Å². The maximum absolute atomic E-state index is 11.0. The molecule has 0 amide bonds. The highest BCUT2D eigenvalue weighted by atomic mass is 16.4. The van der Waals surface area contributed by atoms with Gasteiger partial charge >= 0.3 is 11.9 Å². The van der Waals surface area contributed by atoms with Gasteiger partial charge in [-0.05, 0) is 39.8 Å². The molecule has 2 N–H and O–H groups in total. The lowest BCUT2D eigenvalue weighted by Gasteiger charge is -2.02. The second kappa shape index (κ2) is 5.90. The minimum absolute atomic E-state index is 0.200. The van der Waals surface area contributed by atoms with Crippen molar-refractivity contribution in [2.75, 3.05) is 0 Å². The Kier molecular flexibility index (Phi) is 5.22. The summed E-state index contributed by atoms with van der Waals surface area (Å²) < 4.78 is 0. The van der Waals surface area contributed by atoms with Gasteiger partial charge < -0.3 is 10.2 Å². The largest absolute Gasteiger partial charge is 0.478 e. The van der Waals surface area contributed by atoms with Crippen LogP contribution in [0, 0.1) is 0 Å². The van der Waals surface area contributed by atoms with Crippen LogP contribution in [-0.2, 0) is 9.59 Å². The van der Waals surface area contributed by atoms with E-state index in [1.54, 1.807) is 27.7 Å². The van der Waals surface area contributed by atoms with Gasteiger partial charge in [0.15, 0.2) is 0 Å². The van der Waals surface area contributed by atoms with Gasteiger partial charge in [-0.1, -0.05) is 11.1 Å². The van der Waals surface area contributed by atoms with Gasteiger partial charge in [-0.2, -0.15) is 0 Å². The van der Waals surface area contributed by atoms with Crippen LogP contribution in [0.3, 0.4) is 0 Å². The van der Waals surface area contributed by atoms with E-state index in [1.807, 2.05) is 0 Å². The number of allylic oxidation sites excluding steroid dienone is 2. The van der Waals surface area contributed by atoms with Gasteiger partial charge in [-0.25, -0.2) is 9.59 Å². The summed E-state index contributed by atoms with van der Waals surface area (Å²) in [4.78, 5) is 21.9. The fraction of sp³-hybridized carbons (Fsp3) is 0.333. The van der Waals surface area contributed by atoms with Gasteiger partial charge in [0.25, 0.3) is 0 Å². The fourth-order valence-electron chi connectivity index (χ4n) is 1.09. The maximum atomic E-state index is 11.0. The number of carboxylic acid groups (broad SMARTS) is 2. The first-order valence-electron chi connectivity index (χ1n) is 4.76. The monoisotopic (exact) mass is 224 g/mol. The minimum atomic E-state index is -1.24. The number of carbonyl (C=O) groups is 2. The van der Waals surface area contributed by atoms with Crippen molar-refractivity contribution in [3.63, 3.8) is 0 Å². The van der Waals surface area contributed by atoms with Gasteiger partial charge in [0, 0.05) is 0 Å². The summed E-state index contributed by atoms with van der Waals surface area (Å²) in [6.45, 7) is 6.85. The van der Waals surface area contributed by atoms with Crippen molar-refractivity contribution >= 4 is 11.9 Å². The third-order valence-corrected chi connectivity index (χ3v) is 1.62. The molecule has 0 aliphatic heterocycles. The van der Waals surface area contributed by atoms with Crippen molar-refractivity contribution in [3.8, 4) is 0 Å². The highest BCUT2D eigenvalue weighted by Crippen LogP contribution is 2.13. The second-order valence-electron chi connectivity index (χ2n) is 3.88. The van der Waals surface area contributed by atoms with Crippen molar-refractivity contribution < 1.29 is 19.8 Å². The lowest BCUT2D eigenvalue weighted by Crippen LogP contribution is -2.09. The Morgan fingerprint density at radius 1 is 0.750 bits per heavy atom. The van der Waals surface area contributed by atoms with Gasteiger partial charge in [-0.15, -0.1) is 0 Å². The van der Waals surface area contributed by atoms with E-state index >= 15 is 0 Å². The summed E-state index contributed by atoms with van der Waals surface area (Å²) in [5, 5.41) is 17.9. The maximum Gasteiger partial charge on any atom is 0.336 e. The number of hydrogen-bond acceptors (Lipinski definition) is 2. The quantitative estimate of drug-likeness (QED) is 0.568. The zero-order valence-electron chi connectivity index (χ0n) is 9.87. The van der Waals surface area contributed by atoms with Gasteiger partial charge in [0.05, 0.1) is 11.1 Å². The van der Waals surface area contributed by atoms with Crippen LogP contribution in [0.2, 0.25) is 0 Å². The summed E-state index contributed by atoms with van der Waals surface area (Å²) in [6, 6.07) is 0. The van der Waals surface area contributed by atoms with Crippen LogP contribution in [0.5, 0.6) is 0 Å². The summed E-state index contributed by atoms with van der Waals surface area (Å²) in [5.74, 6) is -2.48. The summed E-state index contributed by atoms with van der Waals surface area (Å²) in [6.07, 6.45) is 2.70. The number of carboxylic acids is 2. The normalized spacial score (nSPS) is 11.2. The number of rotatable bonds is 4. The van der Waals surface area contributed by atoms with Gasteiger partial charge in [0.2, 0.25) is 0 Å². The van der Waals surface area contributed by atoms with Gasteiger partial charge in [-0.3, -0.25) is 0 Å². The van der Waals surface area contributed by atoms with E-state index in [2.05, 4.69) is 0 Å². The molecule has 4 nitrogen and oxygen atoms in total. The average molecular weight is 224 g/mol. The van der Waals surface area contributed by atoms with Crippen molar-refractivity contribution in [1.29, 1.82) is 0 Å². The smallest absolute Gasteiger partial charge is 0.336 e. The first-order valence-corrected chi connectivity index (χ1v) is 4.76. The van der Waals surface area contributed by atoms with Crippen molar-refractivity contribution in [3.05, 3.63) is 34.4 Å². The molecule has 0 aromatic rings. The molecule has 0 bridgehead atoms. The predicted molar refractivity (Wildman–Crippen MR) is 61.2 cm³/mol. The third-order valence-electron chi connectivity index (χ3n) is 1.62. The molecular weight excluding hydrogens is 208 g/mol. The Bertz CT molecular complexity index is 351. The number of aliphatic carboxylic acids is 2. The Hall–Kier alpha value is -1.84. The topological polar surface area (TPSA) is 74.6 Å². The van der Waals surface area contributed by atoms with E-state index in [4.69, 9.17) is 10.2 Å². The molecule has 0 fully saturated rings. The molecule has 88 valence electrons. The molecule has 0 rings (SSSR count). The molecule has 0 spiro atoms. The lowest BCUT2D eigenvalue weighted by atomic mass is 10.0. The molecule has 0 saturated carbocycles. The molecule has 0 aromatic heterocycles. The van der Waals surface area contributed by atoms with Crippen molar-refractivity contribution in [2.45, 2.75) is 27.7 Å². The summed E-state index contributed by atoms with van der Waals surface area (Å²) in [5.41, 5.74) is 1.07. The zero-order chi connectivity index (χ0) is 12.9. The van der Waals surface area contributed by atoms with Crippen LogP contribution in [0.25, 0.3) is 0 Å². The lowest BCUT2D eigenvalue weighted by molar-refractivity contribution is -0.135. The van der Waals surface area contributed by atoms with E-state index in [0.29, 0.717) is 0 Å². The summed E-state index contributed by atoms with van der Waals surface area (Å²) >= 11 is 0. The molecule has 0 radical (unpaired) electrons. The second-order valence-corrected chi connectivity index (χ2v) is 3.88. The molecule has 0 aliphatic carbocycles. The van der Waals surface area contributed by atoms with Crippen molar-refractivity contribution in [1.82, 2.24) is 0 Å². The molecule has 16 heavy (non-hydrogen) atoms. The SMILES string of the molecule is CC(C)=CC(C(=O)O)=C(C=C(C)C)C(=O)O. The Morgan fingerprint density at radius 3 is 1.12 bits per heavy atom. The molecule has 4 heteroatoms. The average Bonchev–Trinajstić information content (AvgIpc) is 2.09. The van der Waals surface area contributed by atoms with E-state index in [0.717, 1.165) is 11.1 Å². The third kappa shape index (κ3) is 4.59. The van der Waals surface area contributed by atoms with Gasteiger partial charge in [0.1, 0.15) is 0 Å².